The maximum atomic E-state index is 11.7. The van der Waals surface area contributed by atoms with Gasteiger partial charge in [0.2, 0.25) is 0 Å². The molecule has 0 bridgehead atoms. The lowest BCUT2D eigenvalue weighted by atomic mass is 10.1. The fourth-order valence-electron chi connectivity index (χ4n) is 4.26. The monoisotopic (exact) mass is 633 g/mol. The van der Waals surface area contributed by atoms with Crippen LogP contribution in [0.25, 0.3) is 11.1 Å². The fourth-order valence-corrected chi connectivity index (χ4v) is 4.26. The Morgan fingerprint density at radius 2 is 1.35 bits per heavy atom. The predicted molar refractivity (Wildman–Crippen MR) is 179 cm³/mol. The van der Waals surface area contributed by atoms with Crippen LogP contribution in [0, 0.1) is 0 Å². The van der Waals surface area contributed by atoms with Crippen molar-refractivity contribution in [2.45, 2.75) is 46.0 Å². The smallest absolute Gasteiger partial charge is 0.494 e. The number of esters is 2. The SMILES string of the molecule is C=CC(=O)OCCCCCCOc1ccc(C(=O)OC)cc1.CCCN(CC)CCOC(=O)Oc1ccc(-c2ccccc2)cc1. The first-order chi connectivity index (χ1) is 22.4. The van der Waals surface area contributed by atoms with Crippen molar-refractivity contribution in [2.24, 2.45) is 0 Å². The van der Waals surface area contributed by atoms with E-state index in [4.69, 9.17) is 18.9 Å². The molecule has 0 radical (unpaired) electrons. The van der Waals surface area contributed by atoms with Crippen LogP contribution in [0.5, 0.6) is 11.5 Å². The first kappa shape index (κ1) is 37.6. The molecule has 248 valence electrons. The molecule has 9 nitrogen and oxygen atoms in total. The second kappa shape index (κ2) is 22.8. The van der Waals surface area contributed by atoms with Gasteiger partial charge < -0.3 is 28.6 Å². The molecule has 46 heavy (non-hydrogen) atoms. The van der Waals surface area contributed by atoms with Gasteiger partial charge in [0.05, 0.1) is 25.9 Å². The van der Waals surface area contributed by atoms with Gasteiger partial charge in [0, 0.05) is 12.6 Å². The van der Waals surface area contributed by atoms with Gasteiger partial charge in [-0.3, -0.25) is 0 Å². The molecule has 0 amide bonds. The molecule has 0 aliphatic carbocycles. The summed E-state index contributed by atoms with van der Waals surface area (Å²) in [5.74, 6) is 0.482. The summed E-state index contributed by atoms with van der Waals surface area (Å²) in [5, 5.41) is 0. The van der Waals surface area contributed by atoms with E-state index in [0.29, 0.717) is 31.1 Å². The summed E-state index contributed by atoms with van der Waals surface area (Å²) in [4.78, 5) is 36.0. The second-order valence-electron chi connectivity index (χ2n) is 10.2. The lowest BCUT2D eigenvalue weighted by Crippen LogP contribution is -2.29. The maximum absolute atomic E-state index is 11.7. The Morgan fingerprint density at radius 3 is 1.96 bits per heavy atom. The largest absolute Gasteiger partial charge is 0.513 e. The van der Waals surface area contributed by atoms with E-state index < -0.39 is 6.16 Å². The second-order valence-corrected chi connectivity index (χ2v) is 10.2. The van der Waals surface area contributed by atoms with Crippen molar-refractivity contribution in [1.29, 1.82) is 0 Å². The number of likely N-dealkylation sites (N-methyl/N-ethyl adjacent to an activating group) is 1. The molecular weight excluding hydrogens is 586 g/mol. The molecule has 9 heteroatoms. The van der Waals surface area contributed by atoms with Crippen molar-refractivity contribution < 1.29 is 38.1 Å². The van der Waals surface area contributed by atoms with Crippen molar-refractivity contribution in [3.05, 3.63) is 97.1 Å². The average Bonchev–Trinajstić information content (AvgIpc) is 3.09. The van der Waals surface area contributed by atoms with Gasteiger partial charge in [-0.1, -0.05) is 62.9 Å². The molecule has 0 heterocycles. The Morgan fingerprint density at radius 1 is 0.717 bits per heavy atom. The highest BCUT2D eigenvalue weighted by Gasteiger charge is 2.08. The van der Waals surface area contributed by atoms with E-state index in [1.807, 2.05) is 42.5 Å². The summed E-state index contributed by atoms with van der Waals surface area (Å²) in [5.41, 5.74) is 2.71. The standard InChI is InChI=1S/C20H25NO3.C17H22O5/c1-3-14-21(4-2)15-16-23-20(22)24-19-12-10-18(11-13-19)17-8-6-5-7-9-17;1-3-16(18)22-13-7-5-4-6-12-21-15-10-8-14(9-11-15)17(19)20-2/h5-13H,3-4,14-16H2,1-2H3;3,8-11H,1,4-7,12-13H2,2H3. The van der Waals surface area contributed by atoms with E-state index in [1.165, 1.54) is 13.2 Å². The van der Waals surface area contributed by atoms with Crippen LogP contribution in [0.1, 0.15) is 56.3 Å². The van der Waals surface area contributed by atoms with Crippen LogP contribution in [0.4, 0.5) is 4.79 Å². The molecule has 0 spiro atoms. The molecule has 0 unspecified atom stereocenters. The van der Waals surface area contributed by atoms with Crippen molar-refractivity contribution in [3.8, 4) is 22.6 Å². The normalized spacial score (nSPS) is 10.3. The molecule has 0 aliphatic heterocycles. The van der Waals surface area contributed by atoms with E-state index in [0.717, 1.165) is 68.6 Å². The number of hydrogen-bond donors (Lipinski definition) is 0. The van der Waals surface area contributed by atoms with Crippen LogP contribution in [0.3, 0.4) is 0 Å². The zero-order valence-corrected chi connectivity index (χ0v) is 27.3. The van der Waals surface area contributed by atoms with Crippen molar-refractivity contribution in [1.82, 2.24) is 4.90 Å². The maximum Gasteiger partial charge on any atom is 0.513 e. The third-order valence-corrected chi connectivity index (χ3v) is 6.77. The summed E-state index contributed by atoms with van der Waals surface area (Å²) < 4.78 is 25.4. The number of unbranched alkanes of at least 4 members (excludes halogenated alkanes) is 3. The van der Waals surface area contributed by atoms with Crippen LogP contribution < -0.4 is 9.47 Å². The van der Waals surface area contributed by atoms with Crippen LogP contribution in [0.15, 0.2) is 91.5 Å². The number of rotatable bonds is 18. The van der Waals surface area contributed by atoms with Crippen molar-refractivity contribution >= 4 is 18.1 Å². The van der Waals surface area contributed by atoms with Gasteiger partial charge >= 0.3 is 18.1 Å². The molecule has 3 aromatic rings. The lowest BCUT2D eigenvalue weighted by Gasteiger charge is -2.18. The Labute approximate surface area is 273 Å². The highest BCUT2D eigenvalue weighted by molar-refractivity contribution is 5.89. The fraction of sp³-hybridized carbons (Fsp3) is 0.378. The molecular formula is C37H47NO8. The van der Waals surface area contributed by atoms with E-state index in [-0.39, 0.29) is 11.9 Å². The van der Waals surface area contributed by atoms with Crippen molar-refractivity contribution in [3.63, 3.8) is 0 Å². The minimum absolute atomic E-state index is 0.342. The van der Waals surface area contributed by atoms with Gasteiger partial charge in [-0.05, 0) is 92.7 Å². The topological polar surface area (TPSA) is 101 Å². The predicted octanol–water partition coefficient (Wildman–Crippen LogP) is 7.74. The molecule has 3 aromatic carbocycles. The van der Waals surface area contributed by atoms with Gasteiger partial charge in [0.1, 0.15) is 18.1 Å². The summed E-state index contributed by atoms with van der Waals surface area (Å²) in [6.45, 7) is 11.6. The number of carbonyl (C=O) groups excluding carboxylic acids is 3. The Balaban J connectivity index is 0.000000322. The van der Waals surface area contributed by atoms with E-state index >= 15 is 0 Å². The number of carbonyl (C=O) groups is 3. The minimum atomic E-state index is -0.657. The highest BCUT2D eigenvalue weighted by Crippen LogP contribution is 2.22. The van der Waals surface area contributed by atoms with Crippen LogP contribution in [-0.4, -0.2) is 69.6 Å². The number of benzene rings is 3. The third kappa shape index (κ3) is 15.4. The molecule has 0 N–H and O–H groups in total. The van der Waals surface area contributed by atoms with E-state index in [1.54, 1.807) is 36.4 Å². The van der Waals surface area contributed by atoms with Crippen LogP contribution >= 0.6 is 0 Å². The van der Waals surface area contributed by atoms with E-state index in [2.05, 4.69) is 30.1 Å². The zero-order chi connectivity index (χ0) is 33.4. The summed E-state index contributed by atoms with van der Waals surface area (Å²) >= 11 is 0. The van der Waals surface area contributed by atoms with Crippen molar-refractivity contribution in [2.75, 3.05) is 46.6 Å². The molecule has 3 rings (SSSR count). The quantitative estimate of drug-likeness (QED) is 0.0458. The van der Waals surface area contributed by atoms with Crippen LogP contribution in [-0.2, 0) is 19.0 Å². The van der Waals surface area contributed by atoms with E-state index in [9.17, 15) is 14.4 Å². The number of ether oxygens (including phenoxy) is 5. The first-order valence-electron chi connectivity index (χ1n) is 15.7. The third-order valence-electron chi connectivity index (χ3n) is 6.77. The number of methoxy groups -OCH3 is 1. The number of hydrogen-bond acceptors (Lipinski definition) is 9. The van der Waals surface area contributed by atoms with Gasteiger partial charge in [-0.25, -0.2) is 14.4 Å². The van der Waals surface area contributed by atoms with Crippen LogP contribution in [0.2, 0.25) is 0 Å². The zero-order valence-electron chi connectivity index (χ0n) is 27.3. The Hall–Kier alpha value is -4.63. The summed E-state index contributed by atoms with van der Waals surface area (Å²) in [6, 6.07) is 24.3. The average molecular weight is 634 g/mol. The summed E-state index contributed by atoms with van der Waals surface area (Å²) in [7, 11) is 1.35. The summed E-state index contributed by atoms with van der Waals surface area (Å²) in [6.07, 6.45) is 5.35. The number of nitrogens with zero attached hydrogens (tertiary/aromatic N) is 1. The van der Waals surface area contributed by atoms with Gasteiger partial charge in [-0.2, -0.15) is 0 Å². The van der Waals surface area contributed by atoms with Gasteiger partial charge in [0.15, 0.2) is 0 Å². The highest BCUT2D eigenvalue weighted by atomic mass is 16.7. The minimum Gasteiger partial charge on any atom is -0.494 e. The molecule has 0 aliphatic rings. The lowest BCUT2D eigenvalue weighted by molar-refractivity contribution is -0.137. The molecule has 0 saturated heterocycles. The van der Waals surface area contributed by atoms with Gasteiger partial charge in [0.25, 0.3) is 0 Å². The first-order valence-corrected chi connectivity index (χ1v) is 15.7. The Bertz CT molecular complexity index is 1290. The molecule has 0 aromatic heterocycles. The molecule has 0 saturated carbocycles. The molecule has 0 fully saturated rings. The molecule has 0 atom stereocenters. The Kier molecular flexibility index (Phi) is 18.6. The van der Waals surface area contributed by atoms with Gasteiger partial charge in [-0.15, -0.1) is 0 Å².